The molecule has 2 heteroatoms. The topological polar surface area (TPSA) is 18.5 Å². The van der Waals surface area contributed by atoms with Gasteiger partial charge in [0.1, 0.15) is 6.61 Å². The third-order valence-corrected chi connectivity index (χ3v) is 3.16. The van der Waals surface area contributed by atoms with Crippen LogP contribution in [0, 0.1) is 0 Å². The Morgan fingerprint density at radius 1 is 1.00 bits per heavy atom. The summed E-state index contributed by atoms with van der Waals surface area (Å²) < 4.78 is 10.9. The Hall–Kier alpha value is -1.54. The van der Waals surface area contributed by atoms with Crippen LogP contribution in [0.5, 0.6) is 0 Å². The number of benzene rings is 1. The molecule has 0 saturated heterocycles. The van der Waals surface area contributed by atoms with E-state index in [4.69, 9.17) is 9.47 Å². The summed E-state index contributed by atoms with van der Waals surface area (Å²) in [4.78, 5) is 0. The summed E-state index contributed by atoms with van der Waals surface area (Å²) in [6.07, 6.45) is 4.99. The average molecular weight is 304 g/mol. The van der Waals surface area contributed by atoms with Crippen molar-refractivity contribution < 1.29 is 9.47 Å². The van der Waals surface area contributed by atoms with Crippen LogP contribution in [-0.4, -0.2) is 19.8 Å². The second kappa shape index (κ2) is 13.1. The summed E-state index contributed by atoms with van der Waals surface area (Å²) in [6, 6.07) is 8.51. The van der Waals surface area contributed by atoms with Crippen molar-refractivity contribution in [3.8, 4) is 0 Å². The van der Waals surface area contributed by atoms with Crippen LogP contribution in [0.2, 0.25) is 0 Å². The molecule has 1 aromatic rings. The monoisotopic (exact) mass is 304 g/mol. The number of hydrogen-bond donors (Lipinski definition) is 0. The van der Waals surface area contributed by atoms with Gasteiger partial charge in [0.15, 0.2) is 0 Å². The third-order valence-electron chi connectivity index (χ3n) is 3.16. The van der Waals surface area contributed by atoms with Gasteiger partial charge >= 0.3 is 0 Å². The van der Waals surface area contributed by atoms with E-state index >= 15 is 0 Å². The molecular weight excluding hydrogens is 272 g/mol. The van der Waals surface area contributed by atoms with Crippen LogP contribution in [0.1, 0.15) is 59.1 Å². The van der Waals surface area contributed by atoms with Crippen molar-refractivity contribution in [1.82, 2.24) is 0 Å². The number of rotatable bonds is 8. The van der Waals surface area contributed by atoms with Gasteiger partial charge in [-0.05, 0) is 55.5 Å². The molecule has 1 aromatic carbocycles. The molecule has 0 aliphatic rings. The molecule has 1 rings (SSSR count). The second-order valence-corrected chi connectivity index (χ2v) is 4.84. The molecule has 0 spiro atoms. The van der Waals surface area contributed by atoms with Crippen LogP contribution < -0.4 is 0 Å². The summed E-state index contributed by atoms with van der Waals surface area (Å²) in [6.45, 7) is 14.4. The first-order chi connectivity index (χ1) is 10.7. The summed E-state index contributed by atoms with van der Waals surface area (Å²) in [5, 5.41) is 0. The lowest BCUT2D eigenvalue weighted by atomic mass is 10.0. The SMILES string of the molecule is C/C=C(\C)c1cccc(/C(C)=C/OCCOCCC)c1.CC. The quantitative estimate of drug-likeness (QED) is 0.437. The smallest absolute Gasteiger partial charge is 0.111 e. The first-order valence-corrected chi connectivity index (χ1v) is 8.28. The summed E-state index contributed by atoms with van der Waals surface area (Å²) >= 11 is 0. The Morgan fingerprint density at radius 3 is 2.23 bits per heavy atom. The molecule has 0 heterocycles. The van der Waals surface area contributed by atoms with Crippen molar-refractivity contribution in [2.45, 2.75) is 48.0 Å². The molecule has 0 N–H and O–H groups in total. The maximum atomic E-state index is 5.52. The Bertz CT molecular complexity index is 459. The molecule has 22 heavy (non-hydrogen) atoms. The Morgan fingerprint density at radius 2 is 1.64 bits per heavy atom. The van der Waals surface area contributed by atoms with Crippen LogP contribution in [0.15, 0.2) is 36.6 Å². The number of hydrogen-bond acceptors (Lipinski definition) is 2. The van der Waals surface area contributed by atoms with Gasteiger partial charge in [0.2, 0.25) is 0 Å². The van der Waals surface area contributed by atoms with Crippen molar-refractivity contribution >= 4 is 11.1 Å². The van der Waals surface area contributed by atoms with Crippen LogP contribution in [0.3, 0.4) is 0 Å². The van der Waals surface area contributed by atoms with Gasteiger partial charge in [0.05, 0.1) is 12.9 Å². The molecule has 0 atom stereocenters. The van der Waals surface area contributed by atoms with E-state index in [1.807, 2.05) is 20.1 Å². The number of allylic oxidation sites excluding steroid dienone is 3. The first kappa shape index (κ1) is 20.5. The van der Waals surface area contributed by atoms with Crippen LogP contribution in [-0.2, 0) is 9.47 Å². The summed E-state index contributed by atoms with van der Waals surface area (Å²) in [7, 11) is 0. The maximum absolute atomic E-state index is 5.52. The molecule has 0 fully saturated rings. The normalized spacial score (nSPS) is 11.7. The predicted octanol–water partition coefficient (Wildman–Crippen LogP) is 5.94. The molecule has 0 bridgehead atoms. The van der Waals surface area contributed by atoms with Gasteiger partial charge in [0.25, 0.3) is 0 Å². The van der Waals surface area contributed by atoms with Crippen molar-refractivity contribution in [2.75, 3.05) is 19.8 Å². The largest absolute Gasteiger partial charge is 0.498 e. The molecular formula is C20H32O2. The highest BCUT2D eigenvalue weighted by Crippen LogP contribution is 2.20. The van der Waals surface area contributed by atoms with E-state index in [2.05, 4.69) is 58.0 Å². The van der Waals surface area contributed by atoms with Gasteiger partial charge in [-0.2, -0.15) is 0 Å². The fourth-order valence-corrected chi connectivity index (χ4v) is 1.78. The van der Waals surface area contributed by atoms with Crippen LogP contribution in [0.25, 0.3) is 11.1 Å². The van der Waals surface area contributed by atoms with E-state index < -0.39 is 0 Å². The third kappa shape index (κ3) is 8.04. The highest BCUT2D eigenvalue weighted by atomic mass is 16.5. The van der Waals surface area contributed by atoms with Gasteiger partial charge in [-0.1, -0.05) is 45.0 Å². The van der Waals surface area contributed by atoms with Gasteiger partial charge in [0, 0.05) is 6.61 Å². The molecule has 0 unspecified atom stereocenters. The summed E-state index contributed by atoms with van der Waals surface area (Å²) in [5.74, 6) is 0. The first-order valence-electron chi connectivity index (χ1n) is 8.28. The fraction of sp³-hybridized carbons (Fsp3) is 0.500. The highest BCUT2D eigenvalue weighted by molar-refractivity contribution is 5.70. The van der Waals surface area contributed by atoms with Gasteiger partial charge < -0.3 is 9.47 Å². The lowest BCUT2D eigenvalue weighted by Crippen LogP contribution is -2.02. The standard InChI is InChI=1S/C18H26O2.C2H6/c1-5-10-19-11-12-20-14-16(4)18-9-7-8-17(13-18)15(3)6-2;1-2/h6-9,13-14H,5,10-12H2,1-4H3;1-2H3/b15-6+,16-14+;. The molecule has 0 aliphatic heterocycles. The average Bonchev–Trinajstić information content (AvgIpc) is 2.59. The molecule has 0 aromatic heterocycles. The van der Waals surface area contributed by atoms with E-state index in [1.165, 1.54) is 16.7 Å². The Balaban J connectivity index is 0.00000211. The highest BCUT2D eigenvalue weighted by Gasteiger charge is 1.99. The van der Waals surface area contributed by atoms with Gasteiger partial charge in [-0.15, -0.1) is 0 Å². The number of ether oxygens (including phenoxy) is 2. The second-order valence-electron chi connectivity index (χ2n) is 4.84. The van der Waals surface area contributed by atoms with Crippen molar-refractivity contribution in [3.63, 3.8) is 0 Å². The van der Waals surface area contributed by atoms with E-state index in [1.54, 1.807) is 0 Å². The van der Waals surface area contributed by atoms with Crippen molar-refractivity contribution in [2.24, 2.45) is 0 Å². The molecule has 0 amide bonds. The molecule has 0 aliphatic carbocycles. The summed E-state index contributed by atoms with van der Waals surface area (Å²) in [5.41, 5.74) is 4.86. The molecule has 0 saturated carbocycles. The van der Waals surface area contributed by atoms with Gasteiger partial charge in [-0.3, -0.25) is 0 Å². The minimum Gasteiger partial charge on any atom is -0.498 e. The van der Waals surface area contributed by atoms with E-state index in [9.17, 15) is 0 Å². The van der Waals surface area contributed by atoms with E-state index in [-0.39, 0.29) is 0 Å². The Labute approximate surface area is 136 Å². The zero-order valence-corrected chi connectivity index (χ0v) is 15.1. The van der Waals surface area contributed by atoms with E-state index in [0.717, 1.165) is 18.6 Å². The lowest BCUT2D eigenvalue weighted by Gasteiger charge is -2.07. The van der Waals surface area contributed by atoms with E-state index in [0.29, 0.717) is 13.2 Å². The Kier molecular flexibility index (Phi) is 12.2. The molecule has 2 nitrogen and oxygen atoms in total. The van der Waals surface area contributed by atoms with Crippen molar-refractivity contribution in [1.29, 1.82) is 0 Å². The molecule has 124 valence electrons. The van der Waals surface area contributed by atoms with Crippen LogP contribution in [0.4, 0.5) is 0 Å². The fourth-order valence-electron chi connectivity index (χ4n) is 1.78. The minimum atomic E-state index is 0.602. The van der Waals surface area contributed by atoms with Gasteiger partial charge in [-0.25, -0.2) is 0 Å². The predicted molar refractivity (Wildman–Crippen MR) is 97.8 cm³/mol. The lowest BCUT2D eigenvalue weighted by molar-refractivity contribution is 0.0856. The van der Waals surface area contributed by atoms with Crippen molar-refractivity contribution in [3.05, 3.63) is 47.7 Å². The zero-order valence-electron chi connectivity index (χ0n) is 15.1. The molecule has 0 radical (unpaired) electrons. The zero-order chi connectivity index (χ0) is 16.8. The minimum absolute atomic E-state index is 0.602. The van der Waals surface area contributed by atoms with Crippen LogP contribution >= 0.6 is 0 Å². The maximum Gasteiger partial charge on any atom is 0.111 e.